The van der Waals surface area contributed by atoms with Gasteiger partial charge in [0, 0.05) is 21.7 Å². The molecule has 2 aromatic carbocycles. The van der Waals surface area contributed by atoms with Gasteiger partial charge in [-0.2, -0.15) is 0 Å². The lowest BCUT2D eigenvalue weighted by atomic mass is 10.1. The van der Waals surface area contributed by atoms with Crippen LogP contribution in [-0.2, 0) is 6.54 Å². The summed E-state index contributed by atoms with van der Waals surface area (Å²) >= 11 is 9.51. The zero-order valence-corrected chi connectivity index (χ0v) is 14.3. The fourth-order valence-corrected chi connectivity index (χ4v) is 2.72. The third-order valence-electron chi connectivity index (χ3n) is 3.31. The van der Waals surface area contributed by atoms with E-state index in [1.165, 1.54) is 0 Å². The molecule has 1 heterocycles. The van der Waals surface area contributed by atoms with Gasteiger partial charge in [0.1, 0.15) is 12.7 Å². The topological polar surface area (TPSA) is 59.8 Å². The van der Waals surface area contributed by atoms with Crippen molar-refractivity contribution in [3.8, 4) is 5.69 Å². The molecule has 0 atom stereocenters. The maximum atomic E-state index is 12.4. The van der Waals surface area contributed by atoms with E-state index in [2.05, 4.69) is 31.4 Å². The molecule has 1 amide bonds. The molecule has 23 heavy (non-hydrogen) atoms. The van der Waals surface area contributed by atoms with Crippen LogP contribution in [0, 0.1) is 0 Å². The average Bonchev–Trinajstić information content (AvgIpc) is 3.09. The van der Waals surface area contributed by atoms with E-state index in [4.69, 9.17) is 11.6 Å². The molecular weight excluding hydrogens is 380 g/mol. The molecule has 0 aliphatic rings. The van der Waals surface area contributed by atoms with Gasteiger partial charge in [-0.25, -0.2) is 0 Å². The first-order valence-corrected chi connectivity index (χ1v) is 7.98. The highest BCUT2D eigenvalue weighted by Gasteiger charge is 2.12. The van der Waals surface area contributed by atoms with Crippen LogP contribution in [0.15, 0.2) is 59.6 Å². The third-order valence-corrected chi connectivity index (χ3v) is 4.37. The Bertz CT molecular complexity index is 836. The van der Waals surface area contributed by atoms with Crippen LogP contribution in [0.3, 0.4) is 0 Å². The number of benzene rings is 2. The number of aromatic nitrogens is 3. The van der Waals surface area contributed by atoms with Crippen LogP contribution in [0.5, 0.6) is 0 Å². The minimum absolute atomic E-state index is 0.188. The predicted molar refractivity (Wildman–Crippen MR) is 91.7 cm³/mol. The molecule has 3 aromatic rings. The summed E-state index contributed by atoms with van der Waals surface area (Å²) in [7, 11) is 0. The number of nitrogens with zero attached hydrogens (tertiary/aromatic N) is 3. The summed E-state index contributed by atoms with van der Waals surface area (Å²) in [6, 6.07) is 12.9. The number of amides is 1. The van der Waals surface area contributed by atoms with Crippen molar-refractivity contribution in [1.29, 1.82) is 0 Å². The Labute approximate surface area is 146 Å². The molecule has 1 aromatic heterocycles. The monoisotopic (exact) mass is 390 g/mol. The van der Waals surface area contributed by atoms with Crippen LogP contribution >= 0.6 is 27.5 Å². The van der Waals surface area contributed by atoms with Crippen molar-refractivity contribution in [3.05, 3.63) is 75.7 Å². The smallest absolute Gasteiger partial charge is 0.252 e. The number of rotatable bonds is 4. The second-order valence-corrected chi connectivity index (χ2v) is 6.07. The molecule has 5 nitrogen and oxygen atoms in total. The van der Waals surface area contributed by atoms with Gasteiger partial charge >= 0.3 is 0 Å². The van der Waals surface area contributed by atoms with Gasteiger partial charge in [0.05, 0.1) is 5.56 Å². The van der Waals surface area contributed by atoms with E-state index in [1.54, 1.807) is 29.4 Å². The van der Waals surface area contributed by atoms with Gasteiger partial charge in [-0.15, -0.1) is 10.2 Å². The lowest BCUT2D eigenvalue weighted by Gasteiger charge is -2.10. The van der Waals surface area contributed by atoms with Gasteiger partial charge in [0.2, 0.25) is 0 Å². The Morgan fingerprint density at radius 1 is 1.17 bits per heavy atom. The van der Waals surface area contributed by atoms with Gasteiger partial charge in [0.15, 0.2) is 0 Å². The van der Waals surface area contributed by atoms with E-state index in [0.29, 0.717) is 21.6 Å². The summed E-state index contributed by atoms with van der Waals surface area (Å²) in [5.74, 6) is -0.188. The van der Waals surface area contributed by atoms with E-state index in [1.807, 2.05) is 30.3 Å². The quantitative estimate of drug-likeness (QED) is 0.739. The Morgan fingerprint density at radius 3 is 2.65 bits per heavy atom. The highest BCUT2D eigenvalue weighted by molar-refractivity contribution is 9.10. The van der Waals surface area contributed by atoms with Crippen LogP contribution in [0.4, 0.5) is 0 Å². The van der Waals surface area contributed by atoms with Crippen molar-refractivity contribution in [2.75, 3.05) is 0 Å². The molecule has 116 valence electrons. The zero-order valence-electron chi connectivity index (χ0n) is 11.9. The fourth-order valence-electron chi connectivity index (χ4n) is 2.09. The normalized spacial score (nSPS) is 10.5. The molecule has 7 heteroatoms. The molecule has 0 saturated heterocycles. The zero-order chi connectivity index (χ0) is 16.2. The van der Waals surface area contributed by atoms with Crippen molar-refractivity contribution >= 4 is 33.4 Å². The lowest BCUT2D eigenvalue weighted by Crippen LogP contribution is -2.23. The molecule has 0 radical (unpaired) electrons. The van der Waals surface area contributed by atoms with Gasteiger partial charge in [0.25, 0.3) is 5.91 Å². The molecule has 0 fully saturated rings. The maximum Gasteiger partial charge on any atom is 0.252 e. The molecule has 1 N–H and O–H groups in total. The number of carbonyl (C=O) groups excluding carboxylic acids is 1. The fraction of sp³-hybridized carbons (Fsp3) is 0.0625. The van der Waals surface area contributed by atoms with Crippen molar-refractivity contribution in [3.63, 3.8) is 0 Å². The molecule has 0 spiro atoms. The van der Waals surface area contributed by atoms with Crippen LogP contribution in [-0.4, -0.2) is 20.7 Å². The van der Waals surface area contributed by atoms with Crippen LogP contribution in [0.2, 0.25) is 5.02 Å². The van der Waals surface area contributed by atoms with Gasteiger partial charge in [-0.05, 0) is 45.8 Å². The first-order chi connectivity index (χ1) is 11.1. The Kier molecular flexibility index (Phi) is 4.73. The Morgan fingerprint density at radius 2 is 1.91 bits per heavy atom. The second kappa shape index (κ2) is 6.93. The molecule has 0 saturated carbocycles. The first kappa shape index (κ1) is 15.7. The summed E-state index contributed by atoms with van der Waals surface area (Å²) in [5.41, 5.74) is 2.21. The van der Waals surface area contributed by atoms with Gasteiger partial charge < -0.3 is 5.32 Å². The highest BCUT2D eigenvalue weighted by atomic mass is 79.9. The third kappa shape index (κ3) is 3.60. The van der Waals surface area contributed by atoms with Gasteiger partial charge in [-0.1, -0.05) is 29.8 Å². The van der Waals surface area contributed by atoms with E-state index < -0.39 is 0 Å². The largest absolute Gasteiger partial charge is 0.348 e. The summed E-state index contributed by atoms with van der Waals surface area (Å²) in [6.07, 6.45) is 3.16. The van der Waals surface area contributed by atoms with E-state index in [0.717, 1.165) is 11.3 Å². The minimum Gasteiger partial charge on any atom is -0.348 e. The highest BCUT2D eigenvalue weighted by Crippen LogP contribution is 2.21. The van der Waals surface area contributed by atoms with Crippen LogP contribution < -0.4 is 5.32 Å². The number of nitrogens with one attached hydrogen (secondary N) is 1. The molecule has 0 aliphatic carbocycles. The minimum atomic E-state index is -0.188. The van der Waals surface area contributed by atoms with Crippen LogP contribution in [0.25, 0.3) is 5.69 Å². The number of halogens is 2. The molecule has 0 unspecified atom stereocenters. The van der Waals surface area contributed by atoms with Crippen LogP contribution in [0.1, 0.15) is 15.9 Å². The Hall–Kier alpha value is -2.18. The van der Waals surface area contributed by atoms with Crippen molar-refractivity contribution in [2.24, 2.45) is 0 Å². The maximum absolute atomic E-state index is 12.4. The van der Waals surface area contributed by atoms with E-state index in [9.17, 15) is 4.79 Å². The van der Waals surface area contributed by atoms with Crippen molar-refractivity contribution < 1.29 is 4.79 Å². The summed E-state index contributed by atoms with van der Waals surface area (Å²) < 4.78 is 2.45. The van der Waals surface area contributed by atoms with Gasteiger partial charge in [-0.3, -0.25) is 9.36 Å². The summed E-state index contributed by atoms with van der Waals surface area (Å²) in [5, 5.41) is 11.0. The Balaban J connectivity index is 1.79. The SMILES string of the molecule is O=C(NCc1ccccc1Cl)c1cc(-n2cnnc2)ccc1Br. The number of hydrogen-bond acceptors (Lipinski definition) is 3. The standard InChI is InChI=1S/C16H12BrClN4O/c17-14-6-5-12(22-9-20-21-10-22)7-13(14)16(23)19-8-11-3-1-2-4-15(11)18/h1-7,9-10H,8H2,(H,19,23). The molecule has 0 aliphatic heterocycles. The first-order valence-electron chi connectivity index (χ1n) is 6.81. The van der Waals surface area contributed by atoms with Crippen molar-refractivity contribution in [1.82, 2.24) is 20.1 Å². The molecular formula is C16H12BrClN4O. The molecule has 3 rings (SSSR count). The second-order valence-electron chi connectivity index (χ2n) is 4.81. The summed E-state index contributed by atoms with van der Waals surface area (Å²) in [6.45, 7) is 0.363. The average molecular weight is 392 g/mol. The van der Waals surface area contributed by atoms with E-state index >= 15 is 0 Å². The lowest BCUT2D eigenvalue weighted by molar-refractivity contribution is 0.0950. The van der Waals surface area contributed by atoms with Crippen molar-refractivity contribution in [2.45, 2.75) is 6.54 Å². The molecule has 0 bridgehead atoms. The van der Waals surface area contributed by atoms with E-state index in [-0.39, 0.29) is 5.91 Å². The summed E-state index contributed by atoms with van der Waals surface area (Å²) in [4.78, 5) is 12.4. The predicted octanol–water partition coefficient (Wildman–Crippen LogP) is 3.61. The number of carbonyl (C=O) groups is 1. The number of hydrogen-bond donors (Lipinski definition) is 1.